The second-order valence-electron chi connectivity index (χ2n) is 7.31. The number of fused-ring (bicyclic) bond motifs is 1. The molecular weight excluding hydrogens is 382 g/mol. The van der Waals surface area contributed by atoms with Crippen LogP contribution in [-0.4, -0.2) is 50.0 Å². The van der Waals surface area contributed by atoms with Crippen LogP contribution in [0.15, 0.2) is 64.7 Å². The highest BCUT2D eigenvalue weighted by molar-refractivity contribution is 7.22. The Hall–Kier alpha value is -2.90. The quantitative estimate of drug-likeness (QED) is 0.483. The highest BCUT2D eigenvalue weighted by atomic mass is 32.1. The molecule has 0 saturated heterocycles. The first kappa shape index (κ1) is 19.4. The first-order valence-electron chi connectivity index (χ1n) is 9.76. The number of hydrogen-bond donors (Lipinski definition) is 1. The predicted molar refractivity (Wildman–Crippen MR) is 119 cm³/mol. The van der Waals surface area contributed by atoms with Crippen LogP contribution in [0.5, 0.6) is 0 Å². The summed E-state index contributed by atoms with van der Waals surface area (Å²) in [5, 5.41) is 6.70. The number of hydrazone groups is 1. The van der Waals surface area contributed by atoms with Gasteiger partial charge >= 0.3 is 0 Å². The molecule has 1 N–H and O–H groups in total. The van der Waals surface area contributed by atoms with Gasteiger partial charge in [0.2, 0.25) is 5.13 Å². The summed E-state index contributed by atoms with van der Waals surface area (Å²) in [6, 6.07) is 17.7. The SMILES string of the molecule is C[NH+](C)CCCN=CC1C(=O)N(c2nc3ccccc3s2)N=C1c1ccccc1. The average Bonchev–Trinajstić information content (AvgIpc) is 3.29. The van der Waals surface area contributed by atoms with Crippen molar-refractivity contribution in [3.05, 3.63) is 60.2 Å². The van der Waals surface area contributed by atoms with Crippen molar-refractivity contribution in [2.24, 2.45) is 16.0 Å². The van der Waals surface area contributed by atoms with E-state index in [1.54, 1.807) is 6.21 Å². The highest BCUT2D eigenvalue weighted by Crippen LogP contribution is 2.32. The lowest BCUT2D eigenvalue weighted by Gasteiger charge is -2.08. The van der Waals surface area contributed by atoms with Crippen molar-refractivity contribution in [2.45, 2.75) is 6.42 Å². The molecule has 1 amide bonds. The number of para-hydroxylation sites is 1. The van der Waals surface area contributed by atoms with Crippen molar-refractivity contribution in [1.82, 2.24) is 4.98 Å². The maximum Gasteiger partial charge on any atom is 0.264 e. The molecule has 2 aromatic carbocycles. The number of quaternary nitrogens is 1. The Morgan fingerprint density at radius 1 is 1.14 bits per heavy atom. The number of amides is 1. The summed E-state index contributed by atoms with van der Waals surface area (Å²) < 4.78 is 1.04. The minimum Gasteiger partial charge on any atom is -0.340 e. The fourth-order valence-electron chi connectivity index (χ4n) is 3.24. The second kappa shape index (κ2) is 8.63. The van der Waals surface area contributed by atoms with Crippen LogP contribution in [0, 0.1) is 5.92 Å². The number of nitrogens with one attached hydrogen (secondary N) is 1. The summed E-state index contributed by atoms with van der Waals surface area (Å²) in [7, 11) is 4.25. The second-order valence-corrected chi connectivity index (χ2v) is 8.32. The third-order valence-electron chi connectivity index (χ3n) is 4.73. The molecule has 29 heavy (non-hydrogen) atoms. The van der Waals surface area contributed by atoms with Crippen molar-refractivity contribution in [1.29, 1.82) is 0 Å². The van der Waals surface area contributed by atoms with Crippen molar-refractivity contribution in [3.8, 4) is 0 Å². The average molecular weight is 407 g/mol. The molecule has 0 spiro atoms. The fraction of sp³-hybridized carbons (Fsp3) is 0.273. The predicted octanol–water partition coefficient (Wildman–Crippen LogP) is 2.27. The van der Waals surface area contributed by atoms with Gasteiger partial charge in [-0.2, -0.15) is 10.1 Å². The molecule has 1 aliphatic rings. The van der Waals surface area contributed by atoms with Crippen molar-refractivity contribution in [2.75, 3.05) is 32.2 Å². The number of aromatic nitrogens is 1. The van der Waals surface area contributed by atoms with E-state index in [2.05, 4.69) is 29.2 Å². The van der Waals surface area contributed by atoms with Gasteiger partial charge in [0.1, 0.15) is 5.92 Å². The van der Waals surface area contributed by atoms with Gasteiger partial charge in [0.25, 0.3) is 5.91 Å². The molecule has 1 unspecified atom stereocenters. The van der Waals surface area contributed by atoms with Gasteiger partial charge in [-0.3, -0.25) is 9.79 Å². The van der Waals surface area contributed by atoms with E-state index in [4.69, 9.17) is 0 Å². The van der Waals surface area contributed by atoms with E-state index < -0.39 is 5.92 Å². The fourth-order valence-corrected chi connectivity index (χ4v) is 4.16. The topological polar surface area (TPSA) is 62.4 Å². The minimum absolute atomic E-state index is 0.107. The van der Waals surface area contributed by atoms with Gasteiger partial charge < -0.3 is 4.90 Å². The Labute approximate surface area is 174 Å². The Bertz CT molecular complexity index is 1020. The summed E-state index contributed by atoms with van der Waals surface area (Å²) in [6.45, 7) is 1.76. The molecule has 3 aromatic rings. The monoisotopic (exact) mass is 406 g/mol. The van der Waals surface area contributed by atoms with Crippen LogP contribution in [0.25, 0.3) is 10.2 Å². The molecule has 1 aliphatic heterocycles. The van der Waals surface area contributed by atoms with E-state index >= 15 is 0 Å². The number of carbonyl (C=O) groups excluding carboxylic acids is 1. The van der Waals surface area contributed by atoms with Crippen molar-refractivity contribution in [3.63, 3.8) is 0 Å². The normalized spacial score (nSPS) is 17.1. The third-order valence-corrected chi connectivity index (χ3v) is 5.74. The summed E-state index contributed by atoms with van der Waals surface area (Å²) in [4.78, 5) is 23.8. The maximum atomic E-state index is 13.2. The smallest absolute Gasteiger partial charge is 0.264 e. The molecule has 0 aliphatic carbocycles. The van der Waals surface area contributed by atoms with Gasteiger partial charge in [0.15, 0.2) is 0 Å². The lowest BCUT2D eigenvalue weighted by molar-refractivity contribution is -0.858. The zero-order valence-electron chi connectivity index (χ0n) is 16.6. The molecule has 0 saturated carbocycles. The maximum absolute atomic E-state index is 13.2. The number of rotatable bonds is 7. The summed E-state index contributed by atoms with van der Waals surface area (Å²) in [6.07, 6.45) is 2.74. The van der Waals surface area contributed by atoms with E-state index in [1.807, 2.05) is 54.6 Å². The van der Waals surface area contributed by atoms with E-state index in [9.17, 15) is 4.79 Å². The van der Waals surface area contributed by atoms with Crippen LogP contribution in [0.3, 0.4) is 0 Å². The van der Waals surface area contributed by atoms with E-state index in [0.29, 0.717) is 11.7 Å². The Kier molecular flexibility index (Phi) is 5.78. The Morgan fingerprint density at radius 3 is 2.66 bits per heavy atom. The van der Waals surface area contributed by atoms with E-state index in [1.165, 1.54) is 21.2 Å². The minimum atomic E-state index is -0.490. The largest absolute Gasteiger partial charge is 0.340 e. The first-order valence-corrected chi connectivity index (χ1v) is 10.6. The number of anilines is 1. The molecular formula is C22H24N5OS+. The molecule has 0 fully saturated rings. The standard InChI is InChI=1S/C22H23N5OS/c1-26(2)14-8-13-23-15-17-20(16-9-4-3-5-10-16)25-27(21(17)28)22-24-18-11-6-7-12-19(18)29-22/h3-7,9-12,15,17H,8,13-14H2,1-2H3/p+1. The molecule has 1 atom stereocenters. The summed E-state index contributed by atoms with van der Waals surface area (Å²) in [5.74, 6) is -0.596. The van der Waals surface area contributed by atoms with Gasteiger partial charge in [-0.25, -0.2) is 4.98 Å². The number of benzene rings is 2. The van der Waals surface area contributed by atoms with Gasteiger partial charge in [0, 0.05) is 19.2 Å². The van der Waals surface area contributed by atoms with Crippen LogP contribution in [-0.2, 0) is 4.79 Å². The number of thiazole rings is 1. The number of hydrogen-bond acceptors (Lipinski definition) is 5. The molecule has 1 aromatic heterocycles. The molecule has 0 radical (unpaired) electrons. The van der Waals surface area contributed by atoms with Gasteiger partial charge in [-0.1, -0.05) is 53.8 Å². The first-order chi connectivity index (χ1) is 14.1. The molecule has 6 nitrogen and oxygen atoms in total. The number of carbonyl (C=O) groups is 1. The number of nitrogens with zero attached hydrogens (tertiary/aromatic N) is 4. The van der Waals surface area contributed by atoms with E-state index in [-0.39, 0.29) is 5.91 Å². The molecule has 148 valence electrons. The lowest BCUT2D eigenvalue weighted by Crippen LogP contribution is -3.05. The summed E-state index contributed by atoms with van der Waals surface area (Å²) >= 11 is 1.47. The van der Waals surface area contributed by atoms with Crippen LogP contribution in [0.1, 0.15) is 12.0 Å². The van der Waals surface area contributed by atoms with Crippen LogP contribution in [0.2, 0.25) is 0 Å². The van der Waals surface area contributed by atoms with Crippen LogP contribution in [0.4, 0.5) is 5.13 Å². The van der Waals surface area contributed by atoms with Gasteiger partial charge in [-0.05, 0) is 17.7 Å². The van der Waals surface area contributed by atoms with Crippen LogP contribution >= 0.6 is 11.3 Å². The Balaban J connectivity index is 1.62. The summed E-state index contributed by atoms with van der Waals surface area (Å²) in [5.41, 5.74) is 2.52. The molecule has 7 heteroatoms. The van der Waals surface area contributed by atoms with Crippen LogP contribution < -0.4 is 9.91 Å². The van der Waals surface area contributed by atoms with Crippen molar-refractivity contribution >= 4 is 44.5 Å². The van der Waals surface area contributed by atoms with Gasteiger partial charge in [0.05, 0.1) is 36.6 Å². The van der Waals surface area contributed by atoms with Gasteiger partial charge in [-0.15, -0.1) is 0 Å². The molecule has 4 rings (SSSR count). The lowest BCUT2D eigenvalue weighted by atomic mass is 9.98. The molecule has 2 heterocycles. The Morgan fingerprint density at radius 2 is 1.90 bits per heavy atom. The molecule has 0 bridgehead atoms. The zero-order valence-corrected chi connectivity index (χ0v) is 17.4. The highest BCUT2D eigenvalue weighted by Gasteiger charge is 2.37. The number of aliphatic imine (C=N–C) groups is 1. The third kappa shape index (κ3) is 4.26. The van der Waals surface area contributed by atoms with E-state index in [0.717, 1.165) is 34.5 Å². The zero-order chi connectivity index (χ0) is 20.2. The van der Waals surface area contributed by atoms with Crippen molar-refractivity contribution < 1.29 is 9.69 Å².